The summed E-state index contributed by atoms with van der Waals surface area (Å²) < 4.78 is 2.54. The zero-order valence-electron chi connectivity index (χ0n) is 16.2. The fraction of sp³-hybridized carbons (Fsp3) is 0.154. The van der Waals surface area contributed by atoms with Gasteiger partial charge in [-0.05, 0) is 29.7 Å². The smallest absolute Gasteiger partial charge is 0.122 e. The predicted molar refractivity (Wildman–Crippen MR) is 118 cm³/mol. The van der Waals surface area contributed by atoms with Crippen LogP contribution in [0.3, 0.4) is 0 Å². The van der Waals surface area contributed by atoms with Gasteiger partial charge in [0.1, 0.15) is 5.82 Å². The molecule has 3 aromatic carbocycles. The van der Waals surface area contributed by atoms with Crippen molar-refractivity contribution in [3.63, 3.8) is 0 Å². The van der Waals surface area contributed by atoms with Crippen LogP contribution in [0, 0.1) is 0 Å². The normalized spacial score (nSPS) is 13.0. The summed E-state index contributed by atoms with van der Waals surface area (Å²) in [6, 6.07) is 32.5. The maximum absolute atomic E-state index is 2.54. The molecular formula is C26H24N2. The fourth-order valence-corrected chi connectivity index (χ4v) is 4.50. The van der Waals surface area contributed by atoms with Crippen molar-refractivity contribution in [2.24, 2.45) is 0 Å². The lowest BCUT2D eigenvalue weighted by Gasteiger charge is -2.20. The molecule has 0 N–H and O–H groups in total. The minimum absolute atomic E-state index is 1.02. The number of anilines is 2. The molecule has 0 aliphatic carbocycles. The molecule has 2 heterocycles. The number of aromatic nitrogens is 1. The highest BCUT2D eigenvalue weighted by atomic mass is 15.3. The summed E-state index contributed by atoms with van der Waals surface area (Å²) in [4.78, 5) is 2.48. The van der Waals surface area contributed by atoms with E-state index in [1.165, 1.54) is 39.5 Å². The first-order chi connectivity index (χ1) is 13.9. The van der Waals surface area contributed by atoms with Gasteiger partial charge in [0, 0.05) is 35.6 Å². The molecule has 0 unspecified atom stereocenters. The molecule has 138 valence electrons. The monoisotopic (exact) mass is 364 g/mol. The Morgan fingerprint density at radius 2 is 1.18 bits per heavy atom. The van der Waals surface area contributed by atoms with Gasteiger partial charge in [0.2, 0.25) is 0 Å². The van der Waals surface area contributed by atoms with Crippen LogP contribution in [0.2, 0.25) is 0 Å². The molecule has 1 aliphatic heterocycles. The average Bonchev–Trinajstić information content (AvgIpc) is 3.33. The number of benzene rings is 3. The number of rotatable bonds is 4. The standard InChI is InChI=1S/C26H24N2/c1-2-23-24(20-12-6-3-7-13-20)25(21-14-8-4-9-15-21)26-27(18-19-28(23)26)22-16-10-5-11-17-22/h3-17H,2,18-19H2,1H3. The van der Waals surface area contributed by atoms with E-state index in [1.54, 1.807) is 0 Å². The molecule has 0 amide bonds. The first-order valence-electron chi connectivity index (χ1n) is 10.1. The van der Waals surface area contributed by atoms with Gasteiger partial charge in [-0.3, -0.25) is 0 Å². The quantitative estimate of drug-likeness (QED) is 0.399. The number of hydrogen-bond donors (Lipinski definition) is 0. The predicted octanol–water partition coefficient (Wildman–Crippen LogP) is 6.54. The number of fused-ring (bicyclic) bond motifs is 1. The van der Waals surface area contributed by atoms with E-state index in [0.29, 0.717) is 0 Å². The molecule has 28 heavy (non-hydrogen) atoms. The van der Waals surface area contributed by atoms with Crippen LogP contribution < -0.4 is 4.90 Å². The van der Waals surface area contributed by atoms with E-state index in [1.807, 2.05) is 0 Å². The maximum Gasteiger partial charge on any atom is 0.122 e. The fourth-order valence-electron chi connectivity index (χ4n) is 4.50. The molecule has 2 nitrogen and oxygen atoms in total. The second-order valence-electron chi connectivity index (χ2n) is 7.24. The van der Waals surface area contributed by atoms with E-state index in [0.717, 1.165) is 19.5 Å². The highest BCUT2D eigenvalue weighted by Gasteiger charge is 2.31. The lowest BCUT2D eigenvalue weighted by molar-refractivity contribution is 0.753. The third kappa shape index (κ3) is 2.65. The van der Waals surface area contributed by atoms with Crippen molar-refractivity contribution >= 4 is 11.5 Å². The van der Waals surface area contributed by atoms with Gasteiger partial charge in [0.15, 0.2) is 0 Å². The van der Waals surface area contributed by atoms with Gasteiger partial charge in [-0.15, -0.1) is 0 Å². The lowest BCUT2D eigenvalue weighted by Crippen LogP contribution is -2.13. The molecule has 0 fully saturated rings. The van der Waals surface area contributed by atoms with Gasteiger partial charge >= 0.3 is 0 Å². The molecule has 0 bridgehead atoms. The zero-order chi connectivity index (χ0) is 18.9. The van der Waals surface area contributed by atoms with Gasteiger partial charge in [0.05, 0.1) is 0 Å². The number of nitrogens with zero attached hydrogens (tertiary/aromatic N) is 2. The molecule has 0 radical (unpaired) electrons. The van der Waals surface area contributed by atoms with Gasteiger partial charge in [-0.2, -0.15) is 0 Å². The molecular weight excluding hydrogens is 340 g/mol. The third-order valence-corrected chi connectivity index (χ3v) is 5.67. The summed E-state index contributed by atoms with van der Waals surface area (Å²) in [5.41, 5.74) is 8.01. The molecule has 0 atom stereocenters. The highest BCUT2D eigenvalue weighted by molar-refractivity contribution is 5.96. The van der Waals surface area contributed by atoms with Crippen LogP contribution in [0.25, 0.3) is 22.3 Å². The summed E-state index contributed by atoms with van der Waals surface area (Å²) in [7, 11) is 0. The topological polar surface area (TPSA) is 8.17 Å². The summed E-state index contributed by atoms with van der Waals surface area (Å²) in [6.07, 6.45) is 1.02. The van der Waals surface area contributed by atoms with Crippen LogP contribution in [0.4, 0.5) is 11.5 Å². The SMILES string of the molecule is CCc1c(-c2ccccc2)c(-c2ccccc2)c2n1CCN2c1ccccc1. The minimum Gasteiger partial charge on any atom is -0.329 e. The minimum atomic E-state index is 1.02. The van der Waals surface area contributed by atoms with Crippen LogP contribution >= 0.6 is 0 Å². The Morgan fingerprint density at radius 3 is 1.75 bits per heavy atom. The first-order valence-corrected chi connectivity index (χ1v) is 10.1. The Bertz CT molecular complexity index is 1080. The molecule has 1 aliphatic rings. The Balaban J connectivity index is 1.82. The second kappa shape index (κ2) is 7.05. The molecule has 0 spiro atoms. The molecule has 4 aromatic rings. The largest absolute Gasteiger partial charge is 0.329 e. The Labute approximate surface area is 166 Å². The molecule has 0 saturated heterocycles. The van der Waals surface area contributed by atoms with E-state index in [-0.39, 0.29) is 0 Å². The molecule has 2 heteroatoms. The average molecular weight is 364 g/mol. The van der Waals surface area contributed by atoms with Crippen LogP contribution in [0.5, 0.6) is 0 Å². The van der Waals surface area contributed by atoms with E-state index in [9.17, 15) is 0 Å². The van der Waals surface area contributed by atoms with Crippen LogP contribution in [0.1, 0.15) is 12.6 Å². The van der Waals surface area contributed by atoms with Crippen molar-refractivity contribution in [2.45, 2.75) is 19.9 Å². The Morgan fingerprint density at radius 1 is 0.643 bits per heavy atom. The summed E-state index contributed by atoms with van der Waals surface area (Å²) in [6.45, 7) is 4.32. The van der Waals surface area contributed by atoms with E-state index >= 15 is 0 Å². The van der Waals surface area contributed by atoms with Gasteiger partial charge in [-0.1, -0.05) is 85.8 Å². The van der Waals surface area contributed by atoms with Crippen molar-refractivity contribution in [3.8, 4) is 22.3 Å². The van der Waals surface area contributed by atoms with Crippen molar-refractivity contribution in [1.29, 1.82) is 0 Å². The van der Waals surface area contributed by atoms with Crippen LogP contribution in [-0.4, -0.2) is 11.1 Å². The molecule has 0 saturated carbocycles. The van der Waals surface area contributed by atoms with Crippen molar-refractivity contribution in [1.82, 2.24) is 4.57 Å². The third-order valence-electron chi connectivity index (χ3n) is 5.67. The number of hydrogen-bond acceptors (Lipinski definition) is 1. The Kier molecular flexibility index (Phi) is 4.25. The maximum atomic E-state index is 2.54. The second-order valence-corrected chi connectivity index (χ2v) is 7.24. The van der Waals surface area contributed by atoms with E-state index < -0.39 is 0 Å². The summed E-state index contributed by atoms with van der Waals surface area (Å²) in [5.74, 6) is 1.33. The van der Waals surface area contributed by atoms with E-state index in [4.69, 9.17) is 0 Å². The number of para-hydroxylation sites is 1. The summed E-state index contributed by atoms with van der Waals surface area (Å²) >= 11 is 0. The van der Waals surface area contributed by atoms with Gasteiger partial charge in [0.25, 0.3) is 0 Å². The van der Waals surface area contributed by atoms with Crippen LogP contribution in [-0.2, 0) is 13.0 Å². The first kappa shape index (κ1) is 16.9. The van der Waals surface area contributed by atoms with Gasteiger partial charge in [-0.25, -0.2) is 0 Å². The Hall–Kier alpha value is -3.26. The molecule has 5 rings (SSSR count). The van der Waals surface area contributed by atoms with Crippen LogP contribution in [0.15, 0.2) is 91.0 Å². The molecule has 1 aromatic heterocycles. The highest BCUT2D eigenvalue weighted by Crippen LogP contribution is 2.48. The van der Waals surface area contributed by atoms with Crippen molar-refractivity contribution < 1.29 is 0 Å². The lowest BCUT2D eigenvalue weighted by atomic mass is 9.95. The van der Waals surface area contributed by atoms with Crippen molar-refractivity contribution in [3.05, 3.63) is 96.7 Å². The van der Waals surface area contributed by atoms with Gasteiger partial charge < -0.3 is 9.47 Å². The van der Waals surface area contributed by atoms with Crippen molar-refractivity contribution in [2.75, 3.05) is 11.4 Å². The zero-order valence-corrected chi connectivity index (χ0v) is 16.2. The summed E-state index contributed by atoms with van der Waals surface area (Å²) in [5, 5.41) is 0. The van der Waals surface area contributed by atoms with E-state index in [2.05, 4.69) is 107 Å².